The van der Waals surface area contributed by atoms with E-state index in [-0.39, 0.29) is 6.03 Å². The lowest BCUT2D eigenvalue weighted by Crippen LogP contribution is -2.33. The number of nitrogens with zero attached hydrogens (tertiary/aromatic N) is 3. The number of aryl methyl sites for hydroxylation is 3. The molecular weight excluding hydrogens is 340 g/mol. The number of nitrogens with one attached hydrogen (secondary N) is 1. The van der Waals surface area contributed by atoms with Crippen LogP contribution in [-0.4, -0.2) is 47.3 Å². The van der Waals surface area contributed by atoms with E-state index in [1.807, 2.05) is 29.3 Å². The number of rotatable bonds is 6. The van der Waals surface area contributed by atoms with E-state index in [4.69, 9.17) is 4.74 Å². The highest BCUT2D eigenvalue weighted by molar-refractivity contribution is 5.89. The third-order valence-electron chi connectivity index (χ3n) is 5.46. The van der Waals surface area contributed by atoms with Gasteiger partial charge in [0.05, 0.1) is 6.61 Å². The van der Waals surface area contributed by atoms with Crippen LogP contribution in [0.4, 0.5) is 10.5 Å². The molecule has 6 nitrogen and oxygen atoms in total. The molecule has 1 aromatic heterocycles. The van der Waals surface area contributed by atoms with E-state index < -0.39 is 0 Å². The maximum atomic E-state index is 12.6. The van der Waals surface area contributed by atoms with Crippen molar-refractivity contribution in [1.29, 1.82) is 0 Å². The number of anilines is 1. The van der Waals surface area contributed by atoms with Crippen molar-refractivity contribution in [2.24, 2.45) is 5.92 Å². The van der Waals surface area contributed by atoms with Crippen molar-refractivity contribution in [2.45, 2.75) is 40.2 Å². The highest BCUT2D eigenvalue weighted by Crippen LogP contribution is 2.22. The minimum absolute atomic E-state index is 0.0142. The Morgan fingerprint density at radius 1 is 1.30 bits per heavy atom. The zero-order valence-corrected chi connectivity index (χ0v) is 16.8. The average Bonchev–Trinajstić information content (AvgIpc) is 3.24. The number of hydrogen-bond donors (Lipinski definition) is 1. The molecule has 1 N–H and O–H groups in total. The van der Waals surface area contributed by atoms with Crippen LogP contribution in [0.25, 0.3) is 0 Å². The van der Waals surface area contributed by atoms with Gasteiger partial charge in [0.2, 0.25) is 0 Å². The van der Waals surface area contributed by atoms with Crippen molar-refractivity contribution in [2.75, 3.05) is 32.1 Å². The standard InChI is InChI=1S/C21H30N4O2/c1-15-5-6-19(11-16(15)2)23-21(26)24-8-7-18(14-24)12-20-22-13-17(3)25(20)9-10-27-4/h5-6,11,13,18H,7-10,12,14H2,1-4H3,(H,23,26). The molecule has 2 aromatic rings. The van der Waals surface area contributed by atoms with Crippen molar-refractivity contribution in [1.82, 2.24) is 14.5 Å². The lowest BCUT2D eigenvalue weighted by Gasteiger charge is -2.18. The van der Waals surface area contributed by atoms with Crippen LogP contribution in [0, 0.1) is 26.7 Å². The van der Waals surface area contributed by atoms with Crippen LogP contribution in [0.3, 0.4) is 0 Å². The number of likely N-dealkylation sites (tertiary alicyclic amines) is 1. The molecule has 0 radical (unpaired) electrons. The summed E-state index contributed by atoms with van der Waals surface area (Å²) in [5.41, 5.74) is 4.43. The summed E-state index contributed by atoms with van der Waals surface area (Å²) in [5.74, 6) is 1.53. The number of urea groups is 1. The molecule has 1 aliphatic rings. The molecule has 1 unspecified atom stereocenters. The van der Waals surface area contributed by atoms with Crippen LogP contribution in [0.2, 0.25) is 0 Å². The minimum Gasteiger partial charge on any atom is -0.383 e. The number of benzene rings is 1. The number of amides is 2. The molecule has 2 amide bonds. The molecule has 6 heteroatoms. The van der Waals surface area contributed by atoms with E-state index in [1.165, 1.54) is 11.1 Å². The number of methoxy groups -OCH3 is 1. The molecule has 2 heterocycles. The summed E-state index contributed by atoms with van der Waals surface area (Å²) in [6, 6.07) is 6.01. The van der Waals surface area contributed by atoms with Gasteiger partial charge < -0.3 is 19.5 Å². The maximum Gasteiger partial charge on any atom is 0.321 e. The first kappa shape index (κ1) is 19.4. The zero-order valence-electron chi connectivity index (χ0n) is 16.8. The van der Waals surface area contributed by atoms with Crippen LogP contribution >= 0.6 is 0 Å². The summed E-state index contributed by atoms with van der Waals surface area (Å²) >= 11 is 0. The van der Waals surface area contributed by atoms with E-state index in [2.05, 4.69) is 35.6 Å². The largest absolute Gasteiger partial charge is 0.383 e. The second kappa shape index (κ2) is 8.57. The molecule has 1 atom stereocenters. The second-order valence-electron chi connectivity index (χ2n) is 7.49. The van der Waals surface area contributed by atoms with E-state index in [0.717, 1.165) is 49.7 Å². The second-order valence-corrected chi connectivity index (χ2v) is 7.49. The first-order chi connectivity index (χ1) is 13.0. The molecule has 0 spiro atoms. The number of carbonyl (C=O) groups excluding carboxylic acids is 1. The first-order valence-electron chi connectivity index (χ1n) is 9.61. The Hall–Kier alpha value is -2.34. The molecule has 0 aliphatic carbocycles. The van der Waals surface area contributed by atoms with Gasteiger partial charge >= 0.3 is 6.03 Å². The van der Waals surface area contributed by atoms with Gasteiger partial charge in [-0.05, 0) is 56.4 Å². The van der Waals surface area contributed by atoms with Crippen molar-refractivity contribution in [3.8, 4) is 0 Å². The van der Waals surface area contributed by atoms with Crippen LogP contribution < -0.4 is 5.32 Å². The van der Waals surface area contributed by atoms with E-state index in [1.54, 1.807) is 7.11 Å². The van der Waals surface area contributed by atoms with Crippen molar-refractivity contribution < 1.29 is 9.53 Å². The Morgan fingerprint density at radius 3 is 2.85 bits per heavy atom. The number of carbonyl (C=O) groups is 1. The average molecular weight is 370 g/mol. The minimum atomic E-state index is -0.0142. The SMILES string of the molecule is COCCn1c(C)cnc1CC1CCN(C(=O)Nc2ccc(C)c(C)c2)C1. The fourth-order valence-electron chi connectivity index (χ4n) is 3.63. The van der Waals surface area contributed by atoms with Crippen LogP contribution in [0.15, 0.2) is 24.4 Å². The Bertz CT molecular complexity index is 799. The molecule has 3 rings (SSSR count). The van der Waals surface area contributed by atoms with Crippen LogP contribution in [-0.2, 0) is 17.7 Å². The lowest BCUT2D eigenvalue weighted by molar-refractivity contribution is 0.185. The van der Waals surface area contributed by atoms with Gasteiger partial charge in [0.25, 0.3) is 0 Å². The maximum absolute atomic E-state index is 12.6. The van der Waals surface area contributed by atoms with E-state index >= 15 is 0 Å². The first-order valence-corrected chi connectivity index (χ1v) is 9.61. The normalized spacial score (nSPS) is 16.7. The fraction of sp³-hybridized carbons (Fsp3) is 0.524. The Kier molecular flexibility index (Phi) is 6.16. The quantitative estimate of drug-likeness (QED) is 0.846. The third kappa shape index (κ3) is 4.69. The number of imidazole rings is 1. The third-order valence-corrected chi connectivity index (χ3v) is 5.46. The van der Waals surface area contributed by atoms with Gasteiger partial charge in [-0.1, -0.05) is 6.07 Å². The van der Waals surface area contributed by atoms with E-state index in [9.17, 15) is 4.79 Å². The molecule has 1 aliphatic heterocycles. The van der Waals surface area contributed by atoms with Gasteiger partial charge in [-0.2, -0.15) is 0 Å². The van der Waals surface area contributed by atoms with Gasteiger partial charge in [-0.3, -0.25) is 0 Å². The number of aromatic nitrogens is 2. The Morgan fingerprint density at radius 2 is 2.11 bits per heavy atom. The summed E-state index contributed by atoms with van der Waals surface area (Å²) in [4.78, 5) is 19.1. The summed E-state index contributed by atoms with van der Waals surface area (Å²) in [6.45, 7) is 9.27. The topological polar surface area (TPSA) is 59.4 Å². The summed E-state index contributed by atoms with van der Waals surface area (Å²) in [5, 5.41) is 3.03. The highest BCUT2D eigenvalue weighted by Gasteiger charge is 2.27. The zero-order chi connectivity index (χ0) is 19.4. The fourth-order valence-corrected chi connectivity index (χ4v) is 3.63. The Balaban J connectivity index is 1.57. The van der Waals surface area contributed by atoms with Gasteiger partial charge in [0.15, 0.2) is 0 Å². The monoisotopic (exact) mass is 370 g/mol. The van der Waals surface area contributed by atoms with Crippen LogP contribution in [0.5, 0.6) is 0 Å². The summed E-state index contributed by atoms with van der Waals surface area (Å²) in [7, 11) is 1.72. The van der Waals surface area contributed by atoms with Crippen molar-refractivity contribution in [3.05, 3.63) is 47.0 Å². The van der Waals surface area contributed by atoms with Crippen molar-refractivity contribution >= 4 is 11.7 Å². The van der Waals surface area contributed by atoms with Gasteiger partial charge in [0, 0.05) is 50.7 Å². The molecule has 0 bridgehead atoms. The number of ether oxygens (including phenoxy) is 1. The van der Waals surface area contributed by atoms with Gasteiger partial charge in [-0.15, -0.1) is 0 Å². The molecule has 1 saturated heterocycles. The Labute approximate surface area is 161 Å². The predicted octanol–water partition coefficient (Wildman–Crippen LogP) is 3.55. The molecular formula is C21H30N4O2. The molecule has 0 saturated carbocycles. The van der Waals surface area contributed by atoms with E-state index in [0.29, 0.717) is 12.5 Å². The predicted molar refractivity (Wildman–Crippen MR) is 107 cm³/mol. The number of hydrogen-bond acceptors (Lipinski definition) is 3. The molecule has 1 fully saturated rings. The molecule has 27 heavy (non-hydrogen) atoms. The molecule has 1 aromatic carbocycles. The van der Waals surface area contributed by atoms with Crippen LogP contribution in [0.1, 0.15) is 29.1 Å². The highest BCUT2D eigenvalue weighted by atomic mass is 16.5. The lowest BCUT2D eigenvalue weighted by atomic mass is 10.0. The van der Waals surface area contributed by atoms with Gasteiger partial charge in [0.1, 0.15) is 5.82 Å². The van der Waals surface area contributed by atoms with Gasteiger partial charge in [-0.25, -0.2) is 9.78 Å². The molecule has 146 valence electrons. The summed E-state index contributed by atoms with van der Waals surface area (Å²) < 4.78 is 7.43. The van der Waals surface area contributed by atoms with Crippen molar-refractivity contribution in [3.63, 3.8) is 0 Å². The smallest absolute Gasteiger partial charge is 0.321 e. The summed E-state index contributed by atoms with van der Waals surface area (Å²) in [6.07, 6.45) is 3.83.